The Morgan fingerprint density at radius 2 is 1.85 bits per heavy atom. The molecule has 3 aromatic rings. The van der Waals surface area contributed by atoms with E-state index in [4.69, 9.17) is 0 Å². The number of carbonyl (C=O) groups excluding carboxylic acids is 1. The molecule has 0 aliphatic carbocycles. The minimum Gasteiger partial charge on any atom is -0.350 e. The fraction of sp³-hybridized carbons (Fsp3) is 0.150. The fourth-order valence-electron chi connectivity index (χ4n) is 2.45. The number of hydrogen-bond donors (Lipinski definition) is 2. The molecule has 1 aromatic heterocycles. The van der Waals surface area contributed by atoms with Gasteiger partial charge in [0.1, 0.15) is 11.5 Å². The molecule has 0 saturated heterocycles. The van der Waals surface area contributed by atoms with Gasteiger partial charge in [-0.2, -0.15) is 0 Å². The van der Waals surface area contributed by atoms with Crippen LogP contribution in [0, 0.1) is 12.7 Å². The highest BCUT2D eigenvalue weighted by molar-refractivity contribution is 5.92. The molecular formula is C20H19FN4O. The Balaban J connectivity index is 1.59. The van der Waals surface area contributed by atoms with E-state index in [-0.39, 0.29) is 17.4 Å². The number of hydrogen-bond acceptors (Lipinski definition) is 4. The molecule has 0 fully saturated rings. The van der Waals surface area contributed by atoms with E-state index >= 15 is 0 Å². The third-order valence-corrected chi connectivity index (χ3v) is 3.79. The fourth-order valence-corrected chi connectivity index (χ4v) is 2.45. The van der Waals surface area contributed by atoms with Crippen molar-refractivity contribution in [3.63, 3.8) is 0 Å². The zero-order valence-corrected chi connectivity index (χ0v) is 14.4. The van der Waals surface area contributed by atoms with Gasteiger partial charge in [-0.05, 0) is 36.2 Å². The molecule has 132 valence electrons. The van der Waals surface area contributed by atoms with Gasteiger partial charge in [0.2, 0.25) is 5.95 Å². The summed E-state index contributed by atoms with van der Waals surface area (Å²) in [6.45, 7) is 2.88. The smallest absolute Gasteiger partial charge is 0.270 e. The van der Waals surface area contributed by atoms with Gasteiger partial charge in [-0.3, -0.25) is 4.79 Å². The molecule has 0 radical (unpaired) electrons. The molecule has 0 spiro atoms. The van der Waals surface area contributed by atoms with Crippen molar-refractivity contribution in [2.75, 3.05) is 5.32 Å². The molecule has 6 heteroatoms. The average Bonchev–Trinajstić information content (AvgIpc) is 2.66. The monoisotopic (exact) mass is 350 g/mol. The lowest BCUT2D eigenvalue weighted by Gasteiger charge is -2.08. The lowest BCUT2D eigenvalue weighted by Crippen LogP contribution is -2.24. The van der Waals surface area contributed by atoms with E-state index in [1.54, 1.807) is 18.2 Å². The highest BCUT2D eigenvalue weighted by Gasteiger charge is 2.08. The molecule has 3 rings (SSSR count). The molecular weight excluding hydrogens is 331 g/mol. The van der Waals surface area contributed by atoms with Crippen LogP contribution in [0.4, 0.5) is 10.3 Å². The first-order valence-corrected chi connectivity index (χ1v) is 8.25. The highest BCUT2D eigenvalue weighted by atomic mass is 19.1. The number of nitrogens with zero attached hydrogens (tertiary/aromatic N) is 2. The molecule has 2 N–H and O–H groups in total. The predicted molar refractivity (Wildman–Crippen MR) is 98.1 cm³/mol. The van der Waals surface area contributed by atoms with Gasteiger partial charge in [0.15, 0.2) is 0 Å². The molecule has 0 saturated carbocycles. The van der Waals surface area contributed by atoms with Crippen LogP contribution in [-0.4, -0.2) is 15.9 Å². The Morgan fingerprint density at radius 3 is 2.62 bits per heavy atom. The molecule has 0 unspecified atom stereocenters. The molecule has 5 nitrogen and oxygen atoms in total. The topological polar surface area (TPSA) is 66.9 Å². The third-order valence-electron chi connectivity index (χ3n) is 3.79. The summed E-state index contributed by atoms with van der Waals surface area (Å²) in [5.74, 6) is -0.200. The van der Waals surface area contributed by atoms with Crippen molar-refractivity contribution in [1.82, 2.24) is 15.3 Å². The summed E-state index contributed by atoms with van der Waals surface area (Å²) in [5.41, 5.74) is 3.35. The standard InChI is InChI=1S/C20H19FN4O/c1-14-3-2-4-16(11-14)13-23-19(26)18-9-10-22-20(25-18)24-12-15-5-7-17(21)8-6-15/h2-11H,12-13H2,1H3,(H,23,26)(H,22,24,25). The van der Waals surface area contributed by atoms with Crippen molar-refractivity contribution >= 4 is 11.9 Å². The summed E-state index contributed by atoms with van der Waals surface area (Å²) in [5, 5.41) is 5.88. The maximum absolute atomic E-state index is 12.9. The Morgan fingerprint density at radius 1 is 1.04 bits per heavy atom. The maximum Gasteiger partial charge on any atom is 0.270 e. The van der Waals surface area contributed by atoms with Crippen molar-refractivity contribution < 1.29 is 9.18 Å². The van der Waals surface area contributed by atoms with Crippen LogP contribution in [0.25, 0.3) is 0 Å². The molecule has 0 atom stereocenters. The third kappa shape index (κ3) is 4.86. The van der Waals surface area contributed by atoms with Crippen LogP contribution in [0.2, 0.25) is 0 Å². The predicted octanol–water partition coefficient (Wildman–Crippen LogP) is 3.47. The molecule has 0 bridgehead atoms. The SMILES string of the molecule is Cc1cccc(CNC(=O)c2ccnc(NCc3ccc(F)cc3)n2)c1. The van der Waals surface area contributed by atoms with E-state index in [0.29, 0.717) is 19.0 Å². The number of aromatic nitrogens is 2. The Hall–Kier alpha value is -3.28. The molecule has 0 aliphatic heterocycles. The molecule has 2 aromatic carbocycles. The van der Waals surface area contributed by atoms with Crippen molar-refractivity contribution in [3.05, 3.63) is 89.0 Å². The summed E-state index contributed by atoms with van der Waals surface area (Å²) in [4.78, 5) is 20.6. The number of benzene rings is 2. The lowest BCUT2D eigenvalue weighted by molar-refractivity contribution is 0.0946. The van der Waals surface area contributed by atoms with Crippen molar-refractivity contribution in [2.45, 2.75) is 20.0 Å². The van der Waals surface area contributed by atoms with Crippen LogP contribution in [0.3, 0.4) is 0 Å². The van der Waals surface area contributed by atoms with Crippen LogP contribution in [0.5, 0.6) is 0 Å². The normalized spacial score (nSPS) is 10.4. The molecule has 26 heavy (non-hydrogen) atoms. The average molecular weight is 350 g/mol. The van der Waals surface area contributed by atoms with Crippen LogP contribution >= 0.6 is 0 Å². The van der Waals surface area contributed by atoms with Crippen LogP contribution in [0.1, 0.15) is 27.2 Å². The minimum atomic E-state index is -0.280. The van der Waals surface area contributed by atoms with Crippen LogP contribution < -0.4 is 10.6 Å². The largest absolute Gasteiger partial charge is 0.350 e. The quantitative estimate of drug-likeness (QED) is 0.714. The number of anilines is 1. The first-order valence-electron chi connectivity index (χ1n) is 8.25. The summed E-state index contributed by atoms with van der Waals surface area (Å²) < 4.78 is 12.9. The zero-order chi connectivity index (χ0) is 18.4. The molecule has 1 heterocycles. The number of carbonyl (C=O) groups is 1. The number of aryl methyl sites for hydroxylation is 1. The van der Waals surface area contributed by atoms with E-state index in [2.05, 4.69) is 20.6 Å². The van der Waals surface area contributed by atoms with Gasteiger partial charge >= 0.3 is 0 Å². The Kier molecular flexibility index (Phi) is 5.53. The van der Waals surface area contributed by atoms with Gasteiger partial charge in [-0.1, -0.05) is 42.0 Å². The van der Waals surface area contributed by atoms with E-state index in [9.17, 15) is 9.18 Å². The summed E-state index contributed by atoms with van der Waals surface area (Å²) >= 11 is 0. The van der Waals surface area contributed by atoms with Gasteiger partial charge in [0.05, 0.1) is 0 Å². The van der Waals surface area contributed by atoms with Crippen LogP contribution in [-0.2, 0) is 13.1 Å². The summed E-state index contributed by atoms with van der Waals surface area (Å²) in [7, 11) is 0. The van der Waals surface area contributed by atoms with Gasteiger partial charge in [0, 0.05) is 19.3 Å². The lowest BCUT2D eigenvalue weighted by atomic mass is 10.1. The van der Waals surface area contributed by atoms with E-state index < -0.39 is 0 Å². The van der Waals surface area contributed by atoms with Gasteiger partial charge < -0.3 is 10.6 Å². The van der Waals surface area contributed by atoms with Crippen LogP contribution in [0.15, 0.2) is 60.8 Å². The van der Waals surface area contributed by atoms with E-state index in [1.165, 1.54) is 18.3 Å². The van der Waals surface area contributed by atoms with Crippen molar-refractivity contribution in [2.24, 2.45) is 0 Å². The van der Waals surface area contributed by atoms with Gasteiger partial charge in [0.25, 0.3) is 5.91 Å². The van der Waals surface area contributed by atoms with Gasteiger partial charge in [-0.25, -0.2) is 14.4 Å². The highest BCUT2D eigenvalue weighted by Crippen LogP contribution is 2.07. The first kappa shape index (κ1) is 17.5. The number of amides is 1. The number of rotatable bonds is 6. The number of halogens is 1. The number of nitrogens with one attached hydrogen (secondary N) is 2. The van der Waals surface area contributed by atoms with Crippen molar-refractivity contribution in [3.8, 4) is 0 Å². The van der Waals surface area contributed by atoms with Gasteiger partial charge in [-0.15, -0.1) is 0 Å². The second kappa shape index (κ2) is 8.20. The second-order valence-electron chi connectivity index (χ2n) is 5.92. The van der Waals surface area contributed by atoms with Crippen molar-refractivity contribution in [1.29, 1.82) is 0 Å². The van der Waals surface area contributed by atoms with E-state index in [0.717, 1.165) is 16.7 Å². The second-order valence-corrected chi connectivity index (χ2v) is 5.92. The summed E-state index contributed by atoms with van der Waals surface area (Å²) in [6, 6.07) is 15.7. The molecule has 0 aliphatic rings. The summed E-state index contributed by atoms with van der Waals surface area (Å²) in [6.07, 6.45) is 1.53. The van der Waals surface area contributed by atoms with E-state index in [1.807, 2.05) is 31.2 Å². The minimum absolute atomic E-state index is 0.265. The zero-order valence-electron chi connectivity index (χ0n) is 14.4. The first-order chi connectivity index (χ1) is 12.6. The molecule has 1 amide bonds. The Bertz CT molecular complexity index is 896. The maximum atomic E-state index is 12.9. The Labute approximate surface area is 151 Å².